The molecule has 2 aromatic rings. The summed E-state index contributed by atoms with van der Waals surface area (Å²) >= 11 is 0. The van der Waals surface area contributed by atoms with E-state index in [2.05, 4.69) is 15.0 Å². The molecular formula is C11H15N5O5. The van der Waals surface area contributed by atoms with E-state index in [0.29, 0.717) is 0 Å². The van der Waals surface area contributed by atoms with Crippen LogP contribution in [0.5, 0.6) is 0 Å². The zero-order valence-electron chi connectivity index (χ0n) is 11.1. The van der Waals surface area contributed by atoms with Gasteiger partial charge in [-0.3, -0.25) is 14.3 Å². The first-order valence-corrected chi connectivity index (χ1v) is 6.26. The van der Waals surface area contributed by atoms with Gasteiger partial charge in [0.15, 0.2) is 17.4 Å². The van der Waals surface area contributed by atoms with E-state index < -0.39 is 30.1 Å². The molecule has 1 aliphatic rings. The lowest BCUT2D eigenvalue weighted by Gasteiger charge is -2.17. The van der Waals surface area contributed by atoms with Crippen molar-refractivity contribution in [2.24, 2.45) is 0 Å². The van der Waals surface area contributed by atoms with Gasteiger partial charge in [0, 0.05) is 7.11 Å². The summed E-state index contributed by atoms with van der Waals surface area (Å²) in [7, 11) is 1.41. The lowest BCUT2D eigenvalue weighted by atomic mass is 10.1. The Morgan fingerprint density at radius 2 is 2.38 bits per heavy atom. The molecule has 0 unspecified atom stereocenters. The standard InChI is InChI=1S/C11H15N5O5/c1-20-7-4(2-17)21-10(6(7)18)16-3-13-5-8(16)14-11(12)15-9(5)19/h3-4,6-7,10,17-18H,2H2,1H3,(H3,12,14,15,19)/t4-,6-,7+,10-/m1/s1. The van der Waals surface area contributed by atoms with Crippen molar-refractivity contribution in [1.82, 2.24) is 19.5 Å². The lowest BCUT2D eigenvalue weighted by molar-refractivity contribution is -0.0535. The van der Waals surface area contributed by atoms with Crippen molar-refractivity contribution < 1.29 is 19.7 Å². The van der Waals surface area contributed by atoms with Gasteiger partial charge in [-0.15, -0.1) is 0 Å². The minimum absolute atomic E-state index is 0.0660. The summed E-state index contributed by atoms with van der Waals surface area (Å²) in [5, 5.41) is 19.5. The highest BCUT2D eigenvalue weighted by atomic mass is 16.6. The van der Waals surface area contributed by atoms with Crippen LogP contribution in [0.1, 0.15) is 6.23 Å². The first-order valence-electron chi connectivity index (χ1n) is 6.26. The molecule has 5 N–H and O–H groups in total. The smallest absolute Gasteiger partial charge is 0.280 e. The third-order valence-corrected chi connectivity index (χ3v) is 3.49. The van der Waals surface area contributed by atoms with Gasteiger partial charge in [0.2, 0.25) is 5.95 Å². The summed E-state index contributed by atoms with van der Waals surface area (Å²) in [6, 6.07) is 0. The Balaban J connectivity index is 2.07. The van der Waals surface area contributed by atoms with Crippen molar-refractivity contribution in [2.45, 2.75) is 24.5 Å². The van der Waals surface area contributed by atoms with Crippen LogP contribution in [0.2, 0.25) is 0 Å². The summed E-state index contributed by atoms with van der Waals surface area (Å²) < 4.78 is 12.1. The van der Waals surface area contributed by atoms with E-state index in [1.165, 1.54) is 18.0 Å². The van der Waals surface area contributed by atoms with Crippen molar-refractivity contribution >= 4 is 17.1 Å². The van der Waals surface area contributed by atoms with Gasteiger partial charge in [-0.05, 0) is 0 Å². The maximum atomic E-state index is 11.7. The van der Waals surface area contributed by atoms with E-state index in [-0.39, 0.29) is 23.7 Å². The van der Waals surface area contributed by atoms with Crippen LogP contribution in [-0.4, -0.2) is 61.8 Å². The van der Waals surface area contributed by atoms with Gasteiger partial charge in [-0.1, -0.05) is 0 Å². The minimum Gasteiger partial charge on any atom is -0.394 e. The Morgan fingerprint density at radius 3 is 3.00 bits per heavy atom. The predicted molar refractivity (Wildman–Crippen MR) is 70.4 cm³/mol. The van der Waals surface area contributed by atoms with Gasteiger partial charge in [0.25, 0.3) is 5.56 Å². The van der Waals surface area contributed by atoms with E-state index in [9.17, 15) is 15.0 Å². The van der Waals surface area contributed by atoms with Crippen molar-refractivity contribution in [1.29, 1.82) is 0 Å². The highest BCUT2D eigenvalue weighted by molar-refractivity contribution is 5.70. The molecule has 0 radical (unpaired) electrons. The number of nitrogens with two attached hydrogens (primary N) is 1. The number of hydrogen-bond acceptors (Lipinski definition) is 8. The second-order valence-corrected chi connectivity index (χ2v) is 4.71. The number of nitrogens with zero attached hydrogens (tertiary/aromatic N) is 3. The van der Waals surface area contributed by atoms with E-state index in [0.717, 1.165) is 0 Å². The molecule has 4 atom stereocenters. The second-order valence-electron chi connectivity index (χ2n) is 4.71. The molecule has 0 bridgehead atoms. The molecule has 0 saturated carbocycles. The van der Waals surface area contributed by atoms with Gasteiger partial charge in [-0.25, -0.2) is 4.98 Å². The lowest BCUT2D eigenvalue weighted by Crippen LogP contribution is -2.35. The highest BCUT2D eigenvalue weighted by Gasteiger charge is 2.45. The molecule has 10 heteroatoms. The first kappa shape index (κ1) is 13.9. The number of methoxy groups -OCH3 is 1. The number of nitrogen functional groups attached to an aromatic ring is 1. The third-order valence-electron chi connectivity index (χ3n) is 3.49. The Bertz CT molecular complexity index is 713. The molecule has 1 fully saturated rings. The maximum absolute atomic E-state index is 11.7. The molecule has 10 nitrogen and oxygen atoms in total. The predicted octanol–water partition coefficient (Wildman–Crippen LogP) is -2.03. The fourth-order valence-corrected chi connectivity index (χ4v) is 2.52. The fraction of sp³-hybridized carbons (Fsp3) is 0.545. The van der Waals surface area contributed by atoms with Crippen molar-refractivity contribution in [2.75, 3.05) is 19.5 Å². The van der Waals surface area contributed by atoms with Crippen LogP contribution in [-0.2, 0) is 9.47 Å². The molecule has 0 aliphatic carbocycles. The number of hydrogen-bond donors (Lipinski definition) is 4. The van der Waals surface area contributed by atoms with Crippen LogP contribution in [0.15, 0.2) is 11.1 Å². The number of fused-ring (bicyclic) bond motifs is 1. The summed E-state index contributed by atoms with van der Waals surface area (Å²) in [6.07, 6.45) is -1.99. The van der Waals surface area contributed by atoms with Crippen molar-refractivity contribution in [3.63, 3.8) is 0 Å². The van der Waals surface area contributed by atoms with Crippen LogP contribution in [0.25, 0.3) is 11.2 Å². The van der Waals surface area contributed by atoms with Gasteiger partial charge in [0.05, 0.1) is 12.9 Å². The second kappa shape index (κ2) is 5.07. The fourth-order valence-electron chi connectivity index (χ4n) is 2.52. The van der Waals surface area contributed by atoms with E-state index >= 15 is 0 Å². The Labute approximate surface area is 118 Å². The molecule has 0 amide bonds. The number of aromatic nitrogens is 4. The monoisotopic (exact) mass is 297 g/mol. The SMILES string of the molecule is CO[C@@H]1[C@@H](O)[C@H](n2cnc3c(=O)[nH]c(N)nc32)O[C@@H]1CO. The Kier molecular flexibility index (Phi) is 3.37. The van der Waals surface area contributed by atoms with Crippen LogP contribution in [0, 0.1) is 0 Å². The van der Waals surface area contributed by atoms with Crippen LogP contribution < -0.4 is 11.3 Å². The van der Waals surface area contributed by atoms with Crippen LogP contribution >= 0.6 is 0 Å². The molecule has 2 aromatic heterocycles. The van der Waals surface area contributed by atoms with Crippen LogP contribution in [0.3, 0.4) is 0 Å². The molecule has 114 valence electrons. The third kappa shape index (κ3) is 2.08. The zero-order chi connectivity index (χ0) is 15.1. The van der Waals surface area contributed by atoms with Crippen molar-refractivity contribution in [3.05, 3.63) is 16.7 Å². The quantitative estimate of drug-likeness (QED) is 0.506. The summed E-state index contributed by atoms with van der Waals surface area (Å²) in [5.41, 5.74) is 5.31. The molecule has 0 spiro atoms. The van der Waals surface area contributed by atoms with E-state index in [4.69, 9.17) is 15.2 Å². The topological polar surface area (TPSA) is 149 Å². The number of nitrogens with one attached hydrogen (secondary N) is 1. The Hall–Kier alpha value is -2.01. The number of rotatable bonds is 3. The first-order chi connectivity index (χ1) is 10.1. The number of aliphatic hydroxyl groups is 2. The van der Waals surface area contributed by atoms with Crippen LogP contribution in [0.4, 0.5) is 5.95 Å². The summed E-state index contributed by atoms with van der Waals surface area (Å²) in [5.74, 6) is -0.0660. The number of ether oxygens (including phenoxy) is 2. The molecule has 1 saturated heterocycles. The van der Waals surface area contributed by atoms with Gasteiger partial charge >= 0.3 is 0 Å². The number of H-pyrrole nitrogens is 1. The molecule has 3 rings (SSSR count). The van der Waals surface area contributed by atoms with Gasteiger partial charge in [-0.2, -0.15) is 4.98 Å². The molecule has 1 aliphatic heterocycles. The van der Waals surface area contributed by atoms with E-state index in [1.807, 2.05) is 0 Å². The molecule has 21 heavy (non-hydrogen) atoms. The van der Waals surface area contributed by atoms with Gasteiger partial charge < -0.3 is 25.4 Å². The number of imidazole rings is 1. The Morgan fingerprint density at radius 1 is 1.62 bits per heavy atom. The number of aromatic amines is 1. The average molecular weight is 297 g/mol. The zero-order valence-corrected chi connectivity index (χ0v) is 11.1. The molecule has 3 heterocycles. The number of anilines is 1. The molecular weight excluding hydrogens is 282 g/mol. The minimum atomic E-state index is -1.05. The highest BCUT2D eigenvalue weighted by Crippen LogP contribution is 2.32. The summed E-state index contributed by atoms with van der Waals surface area (Å²) in [6.45, 7) is -0.311. The molecule has 0 aromatic carbocycles. The maximum Gasteiger partial charge on any atom is 0.280 e. The number of aliphatic hydroxyl groups excluding tert-OH is 2. The van der Waals surface area contributed by atoms with E-state index in [1.54, 1.807) is 0 Å². The summed E-state index contributed by atoms with van der Waals surface area (Å²) in [4.78, 5) is 22.0. The largest absolute Gasteiger partial charge is 0.394 e. The van der Waals surface area contributed by atoms with Crippen molar-refractivity contribution in [3.8, 4) is 0 Å². The normalized spacial score (nSPS) is 29.3. The average Bonchev–Trinajstić information content (AvgIpc) is 2.99. The van der Waals surface area contributed by atoms with Gasteiger partial charge in [0.1, 0.15) is 18.3 Å².